The van der Waals surface area contributed by atoms with Gasteiger partial charge in [-0.25, -0.2) is 4.39 Å². The molecule has 0 saturated carbocycles. The molecule has 1 aliphatic heterocycles. The van der Waals surface area contributed by atoms with Gasteiger partial charge in [-0.05, 0) is 12.5 Å². The third-order valence-electron chi connectivity index (χ3n) is 2.76. The van der Waals surface area contributed by atoms with Crippen LogP contribution in [0.15, 0.2) is 18.2 Å². The largest absolute Gasteiger partial charge is 0.490 e. The molecule has 2 rings (SSSR count). The predicted molar refractivity (Wildman–Crippen MR) is 58.7 cm³/mol. The van der Waals surface area contributed by atoms with Crippen molar-refractivity contribution in [3.8, 4) is 5.75 Å². The molecule has 0 aromatic heterocycles. The zero-order valence-electron chi connectivity index (χ0n) is 9.12. The summed E-state index contributed by atoms with van der Waals surface area (Å²) in [5.74, 6) is 0.309. The Hall–Kier alpha value is -1.13. The number of ether oxygens (including phenoxy) is 2. The molecule has 1 heterocycles. The molecular formula is C12H16FNO2. The Morgan fingerprint density at radius 3 is 3.06 bits per heavy atom. The Morgan fingerprint density at radius 1 is 1.50 bits per heavy atom. The van der Waals surface area contributed by atoms with E-state index < -0.39 is 0 Å². The molecule has 1 atom stereocenters. The molecule has 88 valence electrons. The normalized spacial score (nSPS) is 20.0. The summed E-state index contributed by atoms with van der Waals surface area (Å²) in [7, 11) is 0. The summed E-state index contributed by atoms with van der Waals surface area (Å²) in [6.45, 7) is 2.25. The smallest absolute Gasteiger partial charge is 0.165 e. The standard InChI is InChI=1S/C12H16FNO2/c13-11-3-1-2-10(6-14)12(11)16-8-9-4-5-15-7-9/h1-3,9H,4-8,14H2. The van der Waals surface area contributed by atoms with Gasteiger partial charge in [0, 0.05) is 24.6 Å². The van der Waals surface area contributed by atoms with Crippen LogP contribution in [-0.4, -0.2) is 19.8 Å². The lowest BCUT2D eigenvalue weighted by Gasteiger charge is -2.13. The van der Waals surface area contributed by atoms with E-state index in [1.807, 2.05) is 0 Å². The van der Waals surface area contributed by atoms with Gasteiger partial charge in [0.05, 0.1) is 13.2 Å². The number of para-hydroxylation sites is 1. The van der Waals surface area contributed by atoms with E-state index in [1.54, 1.807) is 12.1 Å². The van der Waals surface area contributed by atoms with Crippen molar-refractivity contribution in [3.05, 3.63) is 29.6 Å². The van der Waals surface area contributed by atoms with Crippen molar-refractivity contribution >= 4 is 0 Å². The lowest BCUT2D eigenvalue weighted by Crippen LogP contribution is -2.14. The molecule has 1 saturated heterocycles. The summed E-state index contributed by atoms with van der Waals surface area (Å²) in [4.78, 5) is 0. The molecule has 2 N–H and O–H groups in total. The van der Waals surface area contributed by atoms with Gasteiger partial charge in [-0.15, -0.1) is 0 Å². The lowest BCUT2D eigenvalue weighted by molar-refractivity contribution is 0.165. The summed E-state index contributed by atoms with van der Waals surface area (Å²) in [6, 6.07) is 4.81. The van der Waals surface area contributed by atoms with Crippen molar-refractivity contribution in [2.45, 2.75) is 13.0 Å². The van der Waals surface area contributed by atoms with E-state index in [0.29, 0.717) is 24.7 Å². The van der Waals surface area contributed by atoms with Crippen LogP contribution < -0.4 is 10.5 Å². The second-order valence-electron chi connectivity index (χ2n) is 3.97. The van der Waals surface area contributed by atoms with Crippen LogP contribution in [0.25, 0.3) is 0 Å². The third-order valence-corrected chi connectivity index (χ3v) is 2.76. The first kappa shape index (κ1) is 11.4. The number of hydrogen-bond donors (Lipinski definition) is 1. The molecule has 16 heavy (non-hydrogen) atoms. The number of rotatable bonds is 4. The van der Waals surface area contributed by atoms with Crippen LogP contribution >= 0.6 is 0 Å². The molecule has 0 amide bonds. The van der Waals surface area contributed by atoms with E-state index in [9.17, 15) is 4.39 Å². The van der Waals surface area contributed by atoms with Crippen LogP contribution in [-0.2, 0) is 11.3 Å². The van der Waals surface area contributed by atoms with E-state index >= 15 is 0 Å². The molecule has 1 aliphatic rings. The zero-order chi connectivity index (χ0) is 11.4. The average Bonchev–Trinajstić information content (AvgIpc) is 2.80. The van der Waals surface area contributed by atoms with Crippen LogP contribution in [0, 0.1) is 11.7 Å². The zero-order valence-corrected chi connectivity index (χ0v) is 9.12. The van der Waals surface area contributed by atoms with Crippen LogP contribution in [0.2, 0.25) is 0 Å². The van der Waals surface area contributed by atoms with Gasteiger partial charge in [-0.3, -0.25) is 0 Å². The number of halogens is 1. The van der Waals surface area contributed by atoms with Crippen LogP contribution in [0.1, 0.15) is 12.0 Å². The summed E-state index contributed by atoms with van der Waals surface area (Å²) in [5.41, 5.74) is 6.24. The average molecular weight is 225 g/mol. The third kappa shape index (κ3) is 2.51. The first-order valence-electron chi connectivity index (χ1n) is 5.49. The minimum absolute atomic E-state index is 0.286. The molecule has 0 bridgehead atoms. The minimum Gasteiger partial charge on any atom is -0.490 e. The maximum atomic E-state index is 13.5. The van der Waals surface area contributed by atoms with Crippen molar-refractivity contribution in [1.29, 1.82) is 0 Å². The van der Waals surface area contributed by atoms with Crippen molar-refractivity contribution < 1.29 is 13.9 Å². The monoisotopic (exact) mass is 225 g/mol. The number of hydrogen-bond acceptors (Lipinski definition) is 3. The molecule has 1 fully saturated rings. The second kappa shape index (κ2) is 5.27. The van der Waals surface area contributed by atoms with Crippen LogP contribution in [0.3, 0.4) is 0 Å². The van der Waals surface area contributed by atoms with Gasteiger partial charge in [-0.1, -0.05) is 12.1 Å². The quantitative estimate of drug-likeness (QED) is 0.848. The highest BCUT2D eigenvalue weighted by Gasteiger charge is 2.18. The van der Waals surface area contributed by atoms with Crippen molar-refractivity contribution in [3.63, 3.8) is 0 Å². The van der Waals surface area contributed by atoms with Gasteiger partial charge < -0.3 is 15.2 Å². The van der Waals surface area contributed by atoms with Crippen molar-refractivity contribution in [1.82, 2.24) is 0 Å². The lowest BCUT2D eigenvalue weighted by atomic mass is 10.1. The predicted octanol–water partition coefficient (Wildman–Crippen LogP) is 1.70. The van der Waals surface area contributed by atoms with E-state index in [4.69, 9.17) is 15.2 Å². The maximum Gasteiger partial charge on any atom is 0.165 e. The maximum absolute atomic E-state index is 13.5. The van der Waals surface area contributed by atoms with Gasteiger partial charge in [-0.2, -0.15) is 0 Å². The topological polar surface area (TPSA) is 44.5 Å². The van der Waals surface area contributed by atoms with E-state index in [0.717, 1.165) is 13.0 Å². The van der Waals surface area contributed by atoms with E-state index in [-0.39, 0.29) is 18.1 Å². The van der Waals surface area contributed by atoms with Crippen LogP contribution in [0.4, 0.5) is 4.39 Å². The van der Waals surface area contributed by atoms with Gasteiger partial charge in [0.25, 0.3) is 0 Å². The van der Waals surface area contributed by atoms with E-state index in [2.05, 4.69) is 0 Å². The van der Waals surface area contributed by atoms with Gasteiger partial charge in [0.2, 0.25) is 0 Å². The van der Waals surface area contributed by atoms with E-state index in [1.165, 1.54) is 6.07 Å². The highest BCUT2D eigenvalue weighted by molar-refractivity contribution is 5.34. The molecule has 3 nitrogen and oxygen atoms in total. The molecule has 1 aromatic carbocycles. The van der Waals surface area contributed by atoms with Crippen molar-refractivity contribution in [2.75, 3.05) is 19.8 Å². The van der Waals surface area contributed by atoms with Gasteiger partial charge >= 0.3 is 0 Å². The SMILES string of the molecule is NCc1cccc(F)c1OCC1CCOC1. The fraction of sp³-hybridized carbons (Fsp3) is 0.500. The molecule has 1 aromatic rings. The highest BCUT2D eigenvalue weighted by Crippen LogP contribution is 2.24. The van der Waals surface area contributed by atoms with Gasteiger partial charge in [0.15, 0.2) is 11.6 Å². The first-order chi connectivity index (χ1) is 7.81. The summed E-state index contributed by atoms with van der Waals surface area (Å²) >= 11 is 0. The highest BCUT2D eigenvalue weighted by atomic mass is 19.1. The Morgan fingerprint density at radius 2 is 2.38 bits per heavy atom. The molecule has 1 unspecified atom stereocenters. The summed E-state index contributed by atoms with van der Waals surface area (Å²) in [5, 5.41) is 0. The fourth-order valence-corrected chi connectivity index (χ4v) is 1.79. The number of nitrogens with two attached hydrogens (primary N) is 1. The Bertz CT molecular complexity index is 351. The molecular weight excluding hydrogens is 209 g/mol. The second-order valence-corrected chi connectivity index (χ2v) is 3.97. The Labute approximate surface area is 94.3 Å². The Balaban J connectivity index is 2.01. The Kier molecular flexibility index (Phi) is 3.74. The minimum atomic E-state index is -0.345. The van der Waals surface area contributed by atoms with Gasteiger partial charge in [0.1, 0.15) is 0 Å². The molecule has 4 heteroatoms. The summed E-state index contributed by atoms with van der Waals surface area (Å²) in [6.07, 6.45) is 0.979. The fourth-order valence-electron chi connectivity index (χ4n) is 1.79. The molecule has 0 spiro atoms. The van der Waals surface area contributed by atoms with Crippen LogP contribution in [0.5, 0.6) is 5.75 Å². The summed E-state index contributed by atoms with van der Waals surface area (Å²) < 4.78 is 24.2. The molecule has 0 aliphatic carbocycles. The first-order valence-corrected chi connectivity index (χ1v) is 5.49. The van der Waals surface area contributed by atoms with Crippen molar-refractivity contribution in [2.24, 2.45) is 11.7 Å². The molecule has 0 radical (unpaired) electrons. The number of benzene rings is 1.